The fraction of sp³-hybridized carbons (Fsp3) is 0.538. The van der Waals surface area contributed by atoms with Crippen LogP contribution in [0.1, 0.15) is 24.3 Å². The number of piperazine rings is 1. The molecule has 1 amide bonds. The van der Waals surface area contributed by atoms with E-state index in [1.807, 2.05) is 6.07 Å². The van der Waals surface area contributed by atoms with Crippen LogP contribution in [0.25, 0.3) is 0 Å². The number of nitrogens with one attached hydrogen (secondary N) is 2. The lowest BCUT2D eigenvalue weighted by atomic mass is 10.1. The molecule has 18 heavy (non-hydrogen) atoms. The highest BCUT2D eigenvalue weighted by molar-refractivity contribution is 5.92. The lowest BCUT2D eigenvalue weighted by Crippen LogP contribution is -2.54. The molecule has 2 heterocycles. The maximum Gasteiger partial charge on any atom is 0.269 e. The quantitative estimate of drug-likeness (QED) is 0.806. The highest BCUT2D eigenvalue weighted by Gasteiger charge is 2.21. The van der Waals surface area contributed by atoms with E-state index in [1.54, 1.807) is 19.3 Å². The number of hydrogen-bond donors (Lipinski definition) is 2. The molecule has 0 aromatic carbocycles. The summed E-state index contributed by atoms with van der Waals surface area (Å²) in [6.07, 6.45) is 1.77. The summed E-state index contributed by atoms with van der Waals surface area (Å²) in [5, 5.41) is 6.06. The smallest absolute Gasteiger partial charge is 0.269 e. The van der Waals surface area contributed by atoms with Crippen LogP contribution in [0.15, 0.2) is 18.3 Å². The summed E-state index contributed by atoms with van der Waals surface area (Å²) < 4.78 is 0. The van der Waals surface area contributed by atoms with Crippen molar-refractivity contribution in [2.75, 3.05) is 25.0 Å². The Hall–Kier alpha value is -1.62. The monoisotopic (exact) mass is 248 g/mol. The van der Waals surface area contributed by atoms with Gasteiger partial charge in [0.05, 0.1) is 11.9 Å². The first-order valence-corrected chi connectivity index (χ1v) is 6.29. The summed E-state index contributed by atoms with van der Waals surface area (Å²) in [6.45, 7) is 6.28. The minimum absolute atomic E-state index is 0.149. The molecule has 0 saturated carbocycles. The Balaban J connectivity index is 2.11. The second-order valence-corrected chi connectivity index (χ2v) is 4.85. The number of aromatic nitrogens is 1. The summed E-state index contributed by atoms with van der Waals surface area (Å²) >= 11 is 0. The number of carbonyl (C=O) groups is 1. The van der Waals surface area contributed by atoms with E-state index in [0.29, 0.717) is 17.8 Å². The molecule has 1 aromatic rings. The molecule has 98 valence electrons. The second-order valence-electron chi connectivity index (χ2n) is 4.85. The number of amides is 1. The van der Waals surface area contributed by atoms with Gasteiger partial charge in [-0.05, 0) is 26.0 Å². The summed E-state index contributed by atoms with van der Waals surface area (Å²) in [7, 11) is 1.61. The third-order valence-corrected chi connectivity index (χ3v) is 3.13. The molecular weight excluding hydrogens is 228 g/mol. The topological polar surface area (TPSA) is 57.3 Å². The van der Waals surface area contributed by atoms with Crippen LogP contribution in [0.3, 0.4) is 0 Å². The van der Waals surface area contributed by atoms with Crippen molar-refractivity contribution in [2.45, 2.75) is 25.9 Å². The molecule has 0 radical (unpaired) electrons. The number of carbonyl (C=O) groups excluding carboxylic acids is 1. The molecule has 0 spiro atoms. The number of nitrogens with zero attached hydrogens (tertiary/aromatic N) is 2. The molecule has 2 atom stereocenters. The minimum atomic E-state index is -0.149. The number of anilines is 1. The van der Waals surface area contributed by atoms with Gasteiger partial charge in [0.1, 0.15) is 5.69 Å². The lowest BCUT2D eigenvalue weighted by molar-refractivity contribution is 0.0958. The van der Waals surface area contributed by atoms with E-state index < -0.39 is 0 Å². The van der Waals surface area contributed by atoms with Gasteiger partial charge in [0, 0.05) is 32.2 Å². The molecule has 1 fully saturated rings. The number of pyridine rings is 1. The fourth-order valence-electron chi connectivity index (χ4n) is 2.37. The Morgan fingerprint density at radius 3 is 2.56 bits per heavy atom. The van der Waals surface area contributed by atoms with E-state index in [-0.39, 0.29) is 5.91 Å². The first kappa shape index (κ1) is 12.8. The Morgan fingerprint density at radius 2 is 2.06 bits per heavy atom. The van der Waals surface area contributed by atoms with Crippen LogP contribution >= 0.6 is 0 Å². The number of hydrogen-bond acceptors (Lipinski definition) is 4. The van der Waals surface area contributed by atoms with Gasteiger partial charge in [0.25, 0.3) is 5.91 Å². The van der Waals surface area contributed by atoms with E-state index >= 15 is 0 Å². The van der Waals surface area contributed by atoms with Crippen molar-refractivity contribution in [1.82, 2.24) is 15.6 Å². The molecule has 5 nitrogen and oxygen atoms in total. The first-order chi connectivity index (χ1) is 8.60. The molecule has 1 aliphatic heterocycles. The highest BCUT2D eigenvalue weighted by Crippen LogP contribution is 2.16. The number of rotatable bonds is 2. The highest BCUT2D eigenvalue weighted by atomic mass is 16.1. The average Bonchev–Trinajstić information content (AvgIpc) is 2.37. The standard InChI is InChI=1S/C13H20N4O/c1-9-7-17(8-10(2)16-9)11-4-5-12(15-6-11)13(18)14-3/h4-6,9-10,16H,7-8H2,1-3H3,(H,14,18)/t9-,10-/m1/s1. The fourth-order valence-corrected chi connectivity index (χ4v) is 2.37. The Kier molecular flexibility index (Phi) is 3.81. The lowest BCUT2D eigenvalue weighted by Gasteiger charge is -2.37. The van der Waals surface area contributed by atoms with Crippen LogP contribution in [0.4, 0.5) is 5.69 Å². The van der Waals surface area contributed by atoms with Crippen LogP contribution in [0.2, 0.25) is 0 Å². The van der Waals surface area contributed by atoms with E-state index in [2.05, 4.69) is 34.4 Å². The molecule has 1 aliphatic rings. The zero-order chi connectivity index (χ0) is 13.1. The van der Waals surface area contributed by atoms with Crippen molar-refractivity contribution in [2.24, 2.45) is 0 Å². The molecule has 1 saturated heterocycles. The van der Waals surface area contributed by atoms with Gasteiger partial charge in [-0.3, -0.25) is 4.79 Å². The van der Waals surface area contributed by atoms with Crippen LogP contribution in [0.5, 0.6) is 0 Å². The van der Waals surface area contributed by atoms with E-state index in [9.17, 15) is 4.79 Å². The van der Waals surface area contributed by atoms with Gasteiger partial charge in [-0.15, -0.1) is 0 Å². The largest absolute Gasteiger partial charge is 0.367 e. The minimum Gasteiger partial charge on any atom is -0.367 e. The van der Waals surface area contributed by atoms with Gasteiger partial charge in [-0.2, -0.15) is 0 Å². The van der Waals surface area contributed by atoms with Crippen LogP contribution in [-0.2, 0) is 0 Å². The van der Waals surface area contributed by atoms with Crippen molar-refractivity contribution in [1.29, 1.82) is 0 Å². The summed E-state index contributed by atoms with van der Waals surface area (Å²) in [5.74, 6) is -0.149. The molecule has 0 unspecified atom stereocenters. The molecule has 0 aliphatic carbocycles. The molecule has 5 heteroatoms. The summed E-state index contributed by atoms with van der Waals surface area (Å²) in [4.78, 5) is 17.9. The third kappa shape index (κ3) is 2.79. The van der Waals surface area contributed by atoms with Gasteiger partial charge < -0.3 is 15.5 Å². The van der Waals surface area contributed by atoms with E-state index in [4.69, 9.17) is 0 Å². The van der Waals surface area contributed by atoms with Crippen molar-refractivity contribution in [3.8, 4) is 0 Å². The van der Waals surface area contributed by atoms with Crippen LogP contribution < -0.4 is 15.5 Å². The first-order valence-electron chi connectivity index (χ1n) is 6.29. The van der Waals surface area contributed by atoms with Gasteiger partial charge in [-0.25, -0.2) is 4.98 Å². The van der Waals surface area contributed by atoms with Crippen molar-refractivity contribution in [3.63, 3.8) is 0 Å². The van der Waals surface area contributed by atoms with Gasteiger partial charge in [0.15, 0.2) is 0 Å². The molecule has 2 N–H and O–H groups in total. The maximum atomic E-state index is 11.4. The summed E-state index contributed by atoms with van der Waals surface area (Å²) in [6, 6.07) is 4.66. The van der Waals surface area contributed by atoms with Gasteiger partial charge >= 0.3 is 0 Å². The maximum absolute atomic E-state index is 11.4. The SMILES string of the molecule is CNC(=O)c1ccc(N2C[C@@H](C)N[C@H](C)C2)cn1. The van der Waals surface area contributed by atoms with Crippen molar-refractivity contribution in [3.05, 3.63) is 24.0 Å². The van der Waals surface area contributed by atoms with Gasteiger partial charge in [-0.1, -0.05) is 0 Å². The molecule has 2 rings (SSSR count). The predicted octanol–water partition coefficient (Wildman–Crippen LogP) is 0.628. The zero-order valence-corrected chi connectivity index (χ0v) is 11.1. The van der Waals surface area contributed by atoms with Crippen LogP contribution in [-0.4, -0.2) is 43.1 Å². The molecule has 0 bridgehead atoms. The normalized spacial score (nSPS) is 23.8. The molecular formula is C13H20N4O. The third-order valence-electron chi connectivity index (χ3n) is 3.13. The summed E-state index contributed by atoms with van der Waals surface area (Å²) in [5.41, 5.74) is 1.53. The Bertz CT molecular complexity index is 408. The average molecular weight is 248 g/mol. The van der Waals surface area contributed by atoms with Gasteiger partial charge in [0.2, 0.25) is 0 Å². The van der Waals surface area contributed by atoms with Crippen LogP contribution in [0, 0.1) is 0 Å². The van der Waals surface area contributed by atoms with E-state index in [0.717, 1.165) is 18.8 Å². The second kappa shape index (κ2) is 5.35. The molecule has 1 aromatic heterocycles. The Labute approximate surface area is 108 Å². The van der Waals surface area contributed by atoms with Crippen molar-refractivity contribution >= 4 is 11.6 Å². The van der Waals surface area contributed by atoms with Crippen molar-refractivity contribution < 1.29 is 4.79 Å². The Morgan fingerprint density at radius 1 is 1.39 bits per heavy atom. The predicted molar refractivity (Wildman–Crippen MR) is 71.9 cm³/mol. The van der Waals surface area contributed by atoms with E-state index in [1.165, 1.54) is 0 Å². The zero-order valence-electron chi connectivity index (χ0n) is 11.1.